The van der Waals surface area contributed by atoms with E-state index in [4.69, 9.17) is 5.11 Å². The van der Waals surface area contributed by atoms with Gasteiger partial charge in [0.15, 0.2) is 0 Å². The summed E-state index contributed by atoms with van der Waals surface area (Å²) in [5.41, 5.74) is 1.84. The van der Waals surface area contributed by atoms with Crippen LogP contribution >= 0.6 is 15.9 Å². The fourth-order valence-electron chi connectivity index (χ4n) is 0.813. The molecule has 0 bridgehead atoms. The normalized spacial score (nSPS) is 8.93. The molecule has 0 saturated carbocycles. The van der Waals surface area contributed by atoms with E-state index in [1.54, 1.807) is 0 Å². The van der Waals surface area contributed by atoms with Crippen LogP contribution in [0.4, 0.5) is 4.79 Å². The molecule has 0 saturated heterocycles. The third-order valence-electron chi connectivity index (χ3n) is 1.40. The van der Waals surface area contributed by atoms with E-state index in [0.717, 1.165) is 31.0 Å². The first-order valence-electron chi connectivity index (χ1n) is 4.39. The summed E-state index contributed by atoms with van der Waals surface area (Å²) in [6, 6.07) is 0. The lowest BCUT2D eigenvalue weighted by Gasteiger charge is -2.00. The van der Waals surface area contributed by atoms with Crippen LogP contribution in [-0.4, -0.2) is 23.1 Å². The van der Waals surface area contributed by atoms with Crippen molar-refractivity contribution in [1.29, 1.82) is 0 Å². The molecule has 0 aromatic carbocycles. The lowest BCUT2D eigenvalue weighted by atomic mass is 10.2. The summed E-state index contributed by atoms with van der Waals surface area (Å²) in [5.74, 6) is 5.91. The fourth-order valence-corrected chi connectivity index (χ4v) is 1.01. The zero-order valence-corrected chi connectivity index (χ0v) is 9.47. The molecule has 0 rings (SSSR count). The van der Waals surface area contributed by atoms with Gasteiger partial charge in [0, 0.05) is 6.42 Å². The Labute approximate surface area is 92.1 Å². The van der Waals surface area contributed by atoms with E-state index in [2.05, 4.69) is 32.6 Å². The fraction of sp³-hybridized carbons (Fsp3) is 0.667. The minimum Gasteiger partial charge on any atom is -0.464 e. The molecule has 1 amide bonds. The van der Waals surface area contributed by atoms with E-state index in [-0.39, 0.29) is 0 Å². The minimum atomic E-state index is -1.16. The molecule has 0 spiro atoms. The molecule has 0 aliphatic heterocycles. The Kier molecular flexibility index (Phi) is 9.81. The summed E-state index contributed by atoms with van der Waals surface area (Å²) in [6.45, 7) is 0.415. The largest absolute Gasteiger partial charge is 0.464 e. The van der Waals surface area contributed by atoms with Gasteiger partial charge in [-0.1, -0.05) is 28.3 Å². The quantitative estimate of drug-likeness (QED) is 0.334. The molecular formula is C9H14BrNO3. The van der Waals surface area contributed by atoms with Crippen molar-refractivity contribution in [3.05, 3.63) is 0 Å². The van der Waals surface area contributed by atoms with Gasteiger partial charge in [-0.15, -0.1) is 5.92 Å². The Hall–Kier alpha value is -0.730. The van der Waals surface area contributed by atoms with Crippen LogP contribution in [-0.2, 0) is 4.84 Å². The van der Waals surface area contributed by atoms with Crippen LogP contribution in [0, 0.1) is 11.8 Å². The summed E-state index contributed by atoms with van der Waals surface area (Å²) in [7, 11) is 0. The van der Waals surface area contributed by atoms with Crippen LogP contribution in [0.5, 0.6) is 0 Å². The first-order chi connectivity index (χ1) is 6.77. The van der Waals surface area contributed by atoms with Gasteiger partial charge in [0.05, 0.1) is 11.9 Å². The summed E-state index contributed by atoms with van der Waals surface area (Å²) in [5, 5.41) is 8.88. The first kappa shape index (κ1) is 13.3. The van der Waals surface area contributed by atoms with Crippen molar-refractivity contribution in [2.75, 3.05) is 11.9 Å². The Morgan fingerprint density at radius 2 is 2.14 bits per heavy atom. The van der Waals surface area contributed by atoms with Gasteiger partial charge >= 0.3 is 6.09 Å². The number of amides is 1. The van der Waals surface area contributed by atoms with Crippen LogP contribution in [0.2, 0.25) is 0 Å². The van der Waals surface area contributed by atoms with Gasteiger partial charge < -0.3 is 5.11 Å². The Morgan fingerprint density at radius 3 is 2.79 bits per heavy atom. The van der Waals surface area contributed by atoms with Gasteiger partial charge in [0.2, 0.25) is 0 Å². The van der Waals surface area contributed by atoms with Crippen LogP contribution in [0.15, 0.2) is 0 Å². The number of carbonyl (C=O) groups is 1. The first-order valence-corrected chi connectivity index (χ1v) is 5.52. The van der Waals surface area contributed by atoms with Crippen molar-refractivity contribution in [2.24, 2.45) is 0 Å². The number of nitrogens with one attached hydrogen (secondary N) is 1. The second kappa shape index (κ2) is 10.4. The number of unbranched alkanes of at least 4 members (excludes halogenated alkanes) is 3. The molecular weight excluding hydrogens is 250 g/mol. The predicted octanol–water partition coefficient (Wildman–Crippen LogP) is 2.14. The Balaban J connectivity index is 3.03. The highest BCUT2D eigenvalue weighted by Crippen LogP contribution is 1.98. The molecule has 0 aromatic heterocycles. The van der Waals surface area contributed by atoms with Crippen molar-refractivity contribution in [2.45, 2.75) is 25.7 Å². The SMILES string of the molecule is O=C(O)NOCCCCCC#CCBr. The smallest absolute Gasteiger partial charge is 0.428 e. The van der Waals surface area contributed by atoms with Crippen molar-refractivity contribution in [3.8, 4) is 11.8 Å². The van der Waals surface area contributed by atoms with Crippen molar-refractivity contribution in [3.63, 3.8) is 0 Å². The summed E-state index contributed by atoms with van der Waals surface area (Å²) in [6.07, 6.45) is 2.59. The lowest BCUT2D eigenvalue weighted by molar-refractivity contribution is 0.0402. The summed E-state index contributed by atoms with van der Waals surface area (Å²) < 4.78 is 0. The van der Waals surface area contributed by atoms with Gasteiger partial charge in [-0.05, 0) is 12.8 Å². The van der Waals surface area contributed by atoms with Gasteiger partial charge in [-0.2, -0.15) is 5.48 Å². The van der Waals surface area contributed by atoms with Crippen molar-refractivity contribution < 1.29 is 14.7 Å². The topological polar surface area (TPSA) is 58.6 Å². The standard InChI is InChI=1S/C9H14BrNO3/c10-7-5-3-1-2-4-6-8-14-11-9(12)13/h11H,1-2,4,6-8H2,(H,12,13). The maximum absolute atomic E-state index is 9.95. The van der Waals surface area contributed by atoms with E-state index >= 15 is 0 Å². The molecule has 0 radical (unpaired) electrons. The van der Waals surface area contributed by atoms with E-state index in [9.17, 15) is 4.79 Å². The van der Waals surface area contributed by atoms with Crippen LogP contribution in [0.25, 0.3) is 0 Å². The lowest BCUT2D eigenvalue weighted by Crippen LogP contribution is -2.21. The Morgan fingerprint density at radius 1 is 1.36 bits per heavy atom. The Bertz CT molecular complexity index is 210. The molecule has 0 aliphatic rings. The van der Waals surface area contributed by atoms with E-state index in [0.29, 0.717) is 6.61 Å². The average molecular weight is 264 g/mol. The number of rotatable bonds is 6. The highest BCUT2D eigenvalue weighted by molar-refractivity contribution is 9.09. The predicted molar refractivity (Wildman–Crippen MR) is 57.2 cm³/mol. The van der Waals surface area contributed by atoms with E-state index in [1.165, 1.54) is 0 Å². The molecule has 0 unspecified atom stereocenters. The zero-order chi connectivity index (χ0) is 10.6. The maximum atomic E-state index is 9.95. The second-order valence-corrected chi connectivity index (χ2v) is 3.11. The minimum absolute atomic E-state index is 0.415. The van der Waals surface area contributed by atoms with Gasteiger partial charge in [-0.3, -0.25) is 4.84 Å². The van der Waals surface area contributed by atoms with Crippen molar-refractivity contribution in [1.82, 2.24) is 5.48 Å². The van der Waals surface area contributed by atoms with E-state index < -0.39 is 6.09 Å². The van der Waals surface area contributed by atoms with Crippen LogP contribution in [0.1, 0.15) is 25.7 Å². The number of hydroxylamine groups is 1. The second-order valence-electron chi connectivity index (χ2n) is 2.55. The number of hydrogen-bond acceptors (Lipinski definition) is 2. The molecule has 14 heavy (non-hydrogen) atoms. The highest BCUT2D eigenvalue weighted by atomic mass is 79.9. The van der Waals surface area contributed by atoms with Crippen LogP contribution in [0.3, 0.4) is 0 Å². The van der Waals surface area contributed by atoms with Gasteiger partial charge in [-0.25, -0.2) is 4.79 Å². The highest BCUT2D eigenvalue weighted by Gasteiger charge is 1.92. The van der Waals surface area contributed by atoms with Gasteiger partial charge in [0.25, 0.3) is 0 Å². The monoisotopic (exact) mass is 263 g/mol. The van der Waals surface area contributed by atoms with Crippen molar-refractivity contribution >= 4 is 22.0 Å². The number of alkyl halides is 1. The average Bonchev–Trinajstić information content (AvgIpc) is 2.15. The molecule has 2 N–H and O–H groups in total. The molecule has 5 heteroatoms. The third-order valence-corrected chi connectivity index (χ3v) is 1.68. The number of carboxylic acid groups (broad SMARTS) is 1. The molecule has 4 nitrogen and oxygen atoms in total. The zero-order valence-electron chi connectivity index (χ0n) is 7.88. The summed E-state index contributed by atoms with van der Waals surface area (Å²) >= 11 is 3.21. The van der Waals surface area contributed by atoms with Crippen LogP contribution < -0.4 is 5.48 Å². The number of halogens is 1. The molecule has 0 aromatic rings. The molecule has 0 heterocycles. The van der Waals surface area contributed by atoms with Gasteiger partial charge in [0.1, 0.15) is 0 Å². The molecule has 0 aliphatic carbocycles. The molecule has 80 valence electrons. The number of hydrogen-bond donors (Lipinski definition) is 2. The molecule has 0 atom stereocenters. The molecule has 0 fully saturated rings. The maximum Gasteiger partial charge on any atom is 0.428 e. The third kappa shape index (κ3) is 11.3. The summed E-state index contributed by atoms with van der Waals surface area (Å²) in [4.78, 5) is 14.6. The van der Waals surface area contributed by atoms with E-state index in [1.807, 2.05) is 5.48 Å².